The predicted molar refractivity (Wildman–Crippen MR) is 126 cm³/mol. The summed E-state index contributed by atoms with van der Waals surface area (Å²) in [5.74, 6) is 0.887. The van der Waals surface area contributed by atoms with E-state index in [0.717, 1.165) is 25.3 Å². The first-order valence-electron chi connectivity index (χ1n) is 13.0. The molecule has 1 atom stereocenters. The van der Waals surface area contributed by atoms with E-state index in [4.69, 9.17) is 0 Å². The van der Waals surface area contributed by atoms with Gasteiger partial charge >= 0.3 is 0 Å². The average molecular weight is 396 g/mol. The van der Waals surface area contributed by atoms with Gasteiger partial charge in [-0.3, -0.25) is 4.79 Å². The highest BCUT2D eigenvalue weighted by atomic mass is 16.1. The van der Waals surface area contributed by atoms with E-state index in [1.165, 1.54) is 128 Å². The van der Waals surface area contributed by atoms with Gasteiger partial charge in [-0.2, -0.15) is 0 Å². The normalized spacial score (nSPS) is 12.2. The molecule has 2 heteroatoms. The van der Waals surface area contributed by atoms with Crippen LogP contribution < -0.4 is 5.32 Å². The van der Waals surface area contributed by atoms with Gasteiger partial charge in [0.2, 0.25) is 6.41 Å². The lowest BCUT2D eigenvalue weighted by Crippen LogP contribution is -2.13. The molecule has 28 heavy (non-hydrogen) atoms. The summed E-state index contributed by atoms with van der Waals surface area (Å²) in [5, 5.41) is 2.82. The third-order valence-electron chi connectivity index (χ3n) is 6.20. The molecule has 0 aliphatic heterocycles. The molecule has 0 radical (unpaired) electrons. The number of carbonyl (C=O) groups is 1. The average Bonchev–Trinajstić information content (AvgIpc) is 2.71. The summed E-state index contributed by atoms with van der Waals surface area (Å²) >= 11 is 0. The minimum atomic E-state index is 0.836. The Bertz CT molecular complexity index is 292. The molecule has 0 aromatic rings. The zero-order chi connectivity index (χ0) is 20.5. The van der Waals surface area contributed by atoms with Crippen molar-refractivity contribution in [1.29, 1.82) is 0 Å². The van der Waals surface area contributed by atoms with Gasteiger partial charge in [-0.1, -0.05) is 136 Å². The summed E-state index contributed by atoms with van der Waals surface area (Å²) in [5.41, 5.74) is 0. The molecule has 1 N–H and O–H groups in total. The number of amides is 1. The molecule has 0 fully saturated rings. The Morgan fingerprint density at radius 2 is 0.893 bits per heavy atom. The lowest BCUT2D eigenvalue weighted by Gasteiger charge is -2.17. The second kappa shape index (κ2) is 24.5. The quantitative estimate of drug-likeness (QED) is 0.129. The molecule has 0 aliphatic rings. The van der Waals surface area contributed by atoms with Crippen LogP contribution in [0.15, 0.2) is 0 Å². The Hall–Kier alpha value is -0.530. The van der Waals surface area contributed by atoms with Crippen LogP contribution in [0.3, 0.4) is 0 Å². The summed E-state index contributed by atoms with van der Waals surface area (Å²) in [6.07, 6.45) is 30.3. The van der Waals surface area contributed by atoms with E-state index in [9.17, 15) is 4.79 Å². The van der Waals surface area contributed by atoms with Crippen molar-refractivity contribution < 1.29 is 4.79 Å². The molecule has 168 valence electrons. The van der Waals surface area contributed by atoms with Crippen molar-refractivity contribution in [3.05, 3.63) is 0 Å². The lowest BCUT2D eigenvalue weighted by molar-refractivity contribution is -0.109. The monoisotopic (exact) mass is 395 g/mol. The van der Waals surface area contributed by atoms with Crippen LogP contribution in [0.1, 0.15) is 149 Å². The molecule has 0 aromatic carbocycles. The van der Waals surface area contributed by atoms with Gasteiger partial charge in [0.1, 0.15) is 0 Å². The molecular formula is C26H53NO. The molecule has 1 unspecified atom stereocenters. The van der Waals surface area contributed by atoms with Crippen LogP contribution in [0.25, 0.3) is 0 Å². The SMILES string of the molecule is CCCCCCCCCCCCCCCC(CCCCCC)CCCNC=O. The Labute approximate surface area is 178 Å². The molecule has 2 nitrogen and oxygen atoms in total. The number of rotatable bonds is 24. The van der Waals surface area contributed by atoms with E-state index >= 15 is 0 Å². The molecule has 0 spiro atoms. The van der Waals surface area contributed by atoms with Gasteiger partial charge < -0.3 is 5.32 Å². The molecule has 1 amide bonds. The maximum atomic E-state index is 10.4. The van der Waals surface area contributed by atoms with Crippen molar-refractivity contribution in [2.24, 2.45) is 5.92 Å². The first-order chi connectivity index (χ1) is 13.8. The van der Waals surface area contributed by atoms with Crippen LogP contribution in [-0.2, 0) is 4.79 Å². The van der Waals surface area contributed by atoms with Gasteiger partial charge in [0.05, 0.1) is 0 Å². The van der Waals surface area contributed by atoms with Crippen LogP contribution in [0.2, 0.25) is 0 Å². The van der Waals surface area contributed by atoms with Crippen LogP contribution in [-0.4, -0.2) is 13.0 Å². The van der Waals surface area contributed by atoms with E-state index in [0.29, 0.717) is 0 Å². The van der Waals surface area contributed by atoms with E-state index in [-0.39, 0.29) is 0 Å². The molecule has 0 heterocycles. The van der Waals surface area contributed by atoms with Gasteiger partial charge in [-0.05, 0) is 18.8 Å². The zero-order valence-corrected chi connectivity index (χ0v) is 19.6. The number of nitrogens with one attached hydrogen (secondary N) is 1. The number of hydrogen-bond donors (Lipinski definition) is 1. The molecule has 0 bridgehead atoms. The first-order valence-corrected chi connectivity index (χ1v) is 13.0. The van der Waals surface area contributed by atoms with Crippen molar-refractivity contribution >= 4 is 6.41 Å². The molecule has 0 saturated heterocycles. The fourth-order valence-electron chi connectivity index (χ4n) is 4.30. The first kappa shape index (κ1) is 27.5. The molecular weight excluding hydrogens is 342 g/mol. The van der Waals surface area contributed by atoms with E-state index < -0.39 is 0 Å². The third kappa shape index (κ3) is 21.8. The highest BCUT2D eigenvalue weighted by Gasteiger charge is 2.08. The largest absolute Gasteiger partial charge is 0.359 e. The van der Waals surface area contributed by atoms with Crippen molar-refractivity contribution in [2.75, 3.05) is 6.54 Å². The minimum absolute atomic E-state index is 0.836. The standard InChI is InChI=1S/C26H53NO/c1-3-5-7-9-10-11-12-13-14-15-16-17-19-22-26(21-18-8-6-4-2)23-20-24-27-25-28/h25-26H,3-24H2,1-2H3,(H,27,28). The minimum Gasteiger partial charge on any atom is -0.359 e. The van der Waals surface area contributed by atoms with Crippen LogP contribution >= 0.6 is 0 Å². The Morgan fingerprint density at radius 1 is 0.536 bits per heavy atom. The fraction of sp³-hybridized carbons (Fsp3) is 0.962. The topological polar surface area (TPSA) is 29.1 Å². The number of carbonyl (C=O) groups excluding carboxylic acids is 1. The van der Waals surface area contributed by atoms with Crippen LogP contribution in [0, 0.1) is 5.92 Å². The molecule has 0 saturated carbocycles. The van der Waals surface area contributed by atoms with E-state index in [2.05, 4.69) is 19.2 Å². The van der Waals surface area contributed by atoms with Gasteiger partial charge in [0.15, 0.2) is 0 Å². The van der Waals surface area contributed by atoms with Gasteiger partial charge in [0, 0.05) is 6.54 Å². The smallest absolute Gasteiger partial charge is 0.207 e. The molecule has 0 rings (SSSR count). The summed E-state index contributed by atoms with van der Waals surface area (Å²) in [6.45, 7) is 5.44. The van der Waals surface area contributed by atoms with Gasteiger partial charge in [-0.15, -0.1) is 0 Å². The predicted octanol–water partition coefficient (Wildman–Crippen LogP) is 8.58. The lowest BCUT2D eigenvalue weighted by atomic mass is 9.90. The Morgan fingerprint density at radius 3 is 1.32 bits per heavy atom. The summed E-state index contributed by atoms with van der Waals surface area (Å²) in [4.78, 5) is 10.4. The fourth-order valence-corrected chi connectivity index (χ4v) is 4.30. The highest BCUT2D eigenvalue weighted by Crippen LogP contribution is 2.23. The van der Waals surface area contributed by atoms with Crippen LogP contribution in [0.5, 0.6) is 0 Å². The zero-order valence-electron chi connectivity index (χ0n) is 19.6. The highest BCUT2D eigenvalue weighted by molar-refractivity contribution is 5.45. The van der Waals surface area contributed by atoms with Gasteiger partial charge in [0.25, 0.3) is 0 Å². The van der Waals surface area contributed by atoms with Crippen molar-refractivity contribution in [1.82, 2.24) is 5.32 Å². The Kier molecular flexibility index (Phi) is 24.0. The van der Waals surface area contributed by atoms with Crippen molar-refractivity contribution in [2.45, 2.75) is 149 Å². The maximum Gasteiger partial charge on any atom is 0.207 e. The maximum absolute atomic E-state index is 10.4. The van der Waals surface area contributed by atoms with Crippen molar-refractivity contribution in [3.8, 4) is 0 Å². The van der Waals surface area contributed by atoms with E-state index in [1.807, 2.05) is 0 Å². The second-order valence-corrected chi connectivity index (χ2v) is 8.96. The summed E-state index contributed by atoms with van der Waals surface area (Å²) in [7, 11) is 0. The summed E-state index contributed by atoms with van der Waals surface area (Å²) in [6, 6.07) is 0. The third-order valence-corrected chi connectivity index (χ3v) is 6.20. The second-order valence-electron chi connectivity index (χ2n) is 8.96. The van der Waals surface area contributed by atoms with E-state index in [1.54, 1.807) is 0 Å². The van der Waals surface area contributed by atoms with Crippen molar-refractivity contribution in [3.63, 3.8) is 0 Å². The molecule has 0 aromatic heterocycles. The van der Waals surface area contributed by atoms with Crippen LogP contribution in [0.4, 0.5) is 0 Å². The number of hydrogen-bond acceptors (Lipinski definition) is 1. The summed E-state index contributed by atoms with van der Waals surface area (Å²) < 4.78 is 0. The number of unbranched alkanes of at least 4 members (excludes halogenated alkanes) is 15. The van der Waals surface area contributed by atoms with Gasteiger partial charge in [-0.25, -0.2) is 0 Å². The molecule has 0 aliphatic carbocycles. The Balaban J connectivity index is 3.53.